The average Bonchev–Trinajstić information content (AvgIpc) is 3.23. The highest BCUT2D eigenvalue weighted by molar-refractivity contribution is 5.94. The highest BCUT2D eigenvalue weighted by Crippen LogP contribution is 2.07. The van der Waals surface area contributed by atoms with Gasteiger partial charge < -0.3 is 24.9 Å². The van der Waals surface area contributed by atoms with E-state index >= 15 is 0 Å². The second-order valence-electron chi connectivity index (χ2n) is 6.52. The van der Waals surface area contributed by atoms with Gasteiger partial charge in [0.05, 0.1) is 39.0 Å². The van der Waals surface area contributed by atoms with Gasteiger partial charge in [-0.05, 0) is 36.4 Å². The van der Waals surface area contributed by atoms with Crippen LogP contribution in [0.25, 0.3) is 0 Å². The van der Waals surface area contributed by atoms with Crippen LogP contribution in [0.2, 0.25) is 0 Å². The van der Waals surface area contributed by atoms with Gasteiger partial charge in [-0.2, -0.15) is 0 Å². The Morgan fingerprint density at radius 1 is 1.11 bits per heavy atom. The molecule has 0 saturated carbocycles. The minimum Gasteiger partial charge on any atom is -0.459 e. The Labute approximate surface area is 161 Å². The Kier molecular flexibility index (Phi) is 6.38. The van der Waals surface area contributed by atoms with E-state index < -0.39 is 5.91 Å². The summed E-state index contributed by atoms with van der Waals surface area (Å²) in [5.41, 5.74) is 0.548. The Morgan fingerprint density at radius 2 is 1.82 bits per heavy atom. The second-order valence-corrected chi connectivity index (χ2v) is 6.52. The number of furan rings is 1. The minimum absolute atomic E-state index is 0.0973. The maximum absolute atomic E-state index is 12.9. The van der Waals surface area contributed by atoms with Crippen LogP contribution in [0.5, 0.6) is 0 Å². The number of quaternary nitrogens is 1. The molecule has 1 fully saturated rings. The lowest BCUT2D eigenvalue weighted by molar-refractivity contribution is -0.895. The number of benzene rings is 1. The Morgan fingerprint density at radius 3 is 2.46 bits per heavy atom. The lowest BCUT2D eigenvalue weighted by Crippen LogP contribution is -3.15. The summed E-state index contributed by atoms with van der Waals surface area (Å²) in [6.07, 6.45) is 1.39. The highest BCUT2D eigenvalue weighted by Gasteiger charge is 2.25. The fourth-order valence-electron chi connectivity index (χ4n) is 2.98. The predicted molar refractivity (Wildman–Crippen MR) is 98.2 cm³/mol. The monoisotopic (exact) mass is 389 g/mol. The third-order valence-corrected chi connectivity index (χ3v) is 4.51. The van der Waals surface area contributed by atoms with E-state index in [2.05, 4.69) is 10.6 Å². The first-order valence-corrected chi connectivity index (χ1v) is 9.00. The van der Waals surface area contributed by atoms with Crippen molar-refractivity contribution in [3.63, 3.8) is 0 Å². The molecule has 0 spiro atoms. The molecule has 3 amide bonds. The number of nitrogens with zero attached hydrogens (tertiary/aromatic N) is 1. The summed E-state index contributed by atoms with van der Waals surface area (Å²) in [5, 5.41) is 5.27. The van der Waals surface area contributed by atoms with Crippen molar-refractivity contribution in [2.24, 2.45) is 0 Å². The predicted octanol–water partition coefficient (Wildman–Crippen LogP) is -0.486. The van der Waals surface area contributed by atoms with Crippen molar-refractivity contribution >= 4 is 23.4 Å². The van der Waals surface area contributed by atoms with E-state index in [4.69, 9.17) is 4.42 Å². The molecule has 0 atom stereocenters. The van der Waals surface area contributed by atoms with E-state index in [1.54, 1.807) is 11.0 Å². The highest BCUT2D eigenvalue weighted by atomic mass is 19.1. The zero-order valence-electron chi connectivity index (χ0n) is 15.2. The molecule has 1 aliphatic heterocycles. The molecule has 1 saturated heterocycles. The van der Waals surface area contributed by atoms with Crippen LogP contribution in [0.3, 0.4) is 0 Å². The average molecular weight is 389 g/mol. The van der Waals surface area contributed by atoms with Crippen LogP contribution in [0, 0.1) is 5.82 Å². The number of hydrogen-bond donors (Lipinski definition) is 3. The van der Waals surface area contributed by atoms with E-state index in [-0.39, 0.29) is 36.5 Å². The van der Waals surface area contributed by atoms with Gasteiger partial charge in [-0.15, -0.1) is 0 Å². The van der Waals surface area contributed by atoms with Crippen molar-refractivity contribution < 1.29 is 28.1 Å². The summed E-state index contributed by atoms with van der Waals surface area (Å²) in [6.45, 7) is 2.46. The topological polar surface area (TPSA) is 96.1 Å². The van der Waals surface area contributed by atoms with Gasteiger partial charge >= 0.3 is 0 Å². The van der Waals surface area contributed by atoms with Crippen LogP contribution in [-0.4, -0.2) is 61.9 Å². The molecule has 0 aliphatic carbocycles. The number of halogens is 1. The van der Waals surface area contributed by atoms with Gasteiger partial charge in [0.1, 0.15) is 5.82 Å². The smallest absolute Gasteiger partial charge is 0.287 e. The van der Waals surface area contributed by atoms with E-state index in [0.717, 1.165) is 4.90 Å². The molecule has 0 radical (unpaired) electrons. The lowest BCUT2D eigenvalue weighted by Gasteiger charge is -2.31. The van der Waals surface area contributed by atoms with Crippen molar-refractivity contribution in [1.29, 1.82) is 0 Å². The van der Waals surface area contributed by atoms with Crippen molar-refractivity contribution in [3.8, 4) is 0 Å². The van der Waals surface area contributed by atoms with Gasteiger partial charge in [0.25, 0.3) is 11.8 Å². The summed E-state index contributed by atoms with van der Waals surface area (Å²) < 4.78 is 17.9. The molecule has 148 valence electrons. The second kappa shape index (κ2) is 9.14. The molecule has 1 aromatic carbocycles. The van der Waals surface area contributed by atoms with Gasteiger partial charge in [-0.3, -0.25) is 14.4 Å². The summed E-state index contributed by atoms with van der Waals surface area (Å²) in [6, 6.07) is 8.73. The molecular weight excluding hydrogens is 367 g/mol. The Balaban J connectivity index is 1.37. The first-order valence-electron chi connectivity index (χ1n) is 9.00. The summed E-state index contributed by atoms with van der Waals surface area (Å²) in [7, 11) is 0. The number of hydrogen-bond acceptors (Lipinski definition) is 4. The standard InChI is InChI=1S/C19H21FN4O4/c20-14-3-5-15(6-4-14)22-17(25)13-23-7-9-24(10-8-23)18(26)12-21-19(27)16-2-1-11-28-16/h1-6,11H,7-10,12-13H2,(H,21,27)(H,22,25)/p+1. The molecule has 3 N–H and O–H groups in total. The van der Waals surface area contributed by atoms with Gasteiger partial charge in [0, 0.05) is 5.69 Å². The van der Waals surface area contributed by atoms with Crippen LogP contribution in [-0.2, 0) is 9.59 Å². The Hall–Kier alpha value is -3.20. The largest absolute Gasteiger partial charge is 0.459 e. The molecule has 9 heteroatoms. The molecule has 2 aromatic rings. The van der Waals surface area contributed by atoms with Gasteiger partial charge in [-0.25, -0.2) is 4.39 Å². The van der Waals surface area contributed by atoms with Crippen LogP contribution < -0.4 is 15.5 Å². The SMILES string of the molecule is O=C(C[NH+]1CCN(C(=O)CNC(=O)c2ccco2)CC1)Nc1ccc(F)cc1. The quantitative estimate of drug-likeness (QED) is 0.622. The number of anilines is 1. The summed E-state index contributed by atoms with van der Waals surface area (Å²) >= 11 is 0. The normalized spacial score (nSPS) is 14.5. The summed E-state index contributed by atoms with van der Waals surface area (Å²) in [5.74, 6) is -0.958. The molecular formula is C19H22FN4O4+. The molecule has 1 aliphatic rings. The molecule has 28 heavy (non-hydrogen) atoms. The van der Waals surface area contributed by atoms with Gasteiger partial charge in [0.2, 0.25) is 5.91 Å². The van der Waals surface area contributed by atoms with Crippen molar-refractivity contribution in [2.45, 2.75) is 0 Å². The van der Waals surface area contributed by atoms with E-state index in [9.17, 15) is 18.8 Å². The maximum atomic E-state index is 12.9. The Bertz CT molecular complexity index is 815. The van der Waals surface area contributed by atoms with Crippen LogP contribution >= 0.6 is 0 Å². The molecule has 0 bridgehead atoms. The number of amides is 3. The number of nitrogens with one attached hydrogen (secondary N) is 3. The maximum Gasteiger partial charge on any atom is 0.287 e. The van der Waals surface area contributed by atoms with Gasteiger partial charge in [-0.1, -0.05) is 0 Å². The zero-order chi connectivity index (χ0) is 19.9. The van der Waals surface area contributed by atoms with E-state index in [0.29, 0.717) is 31.9 Å². The van der Waals surface area contributed by atoms with Crippen LogP contribution in [0.15, 0.2) is 47.1 Å². The number of rotatable bonds is 6. The van der Waals surface area contributed by atoms with E-state index in [1.807, 2.05) is 0 Å². The van der Waals surface area contributed by atoms with Crippen LogP contribution in [0.4, 0.5) is 10.1 Å². The number of carbonyl (C=O) groups excluding carboxylic acids is 3. The van der Waals surface area contributed by atoms with E-state index in [1.165, 1.54) is 36.6 Å². The molecule has 3 rings (SSSR count). The van der Waals surface area contributed by atoms with Crippen LogP contribution in [0.1, 0.15) is 10.6 Å². The fraction of sp³-hybridized carbons (Fsp3) is 0.316. The molecule has 2 heterocycles. The number of carbonyl (C=O) groups is 3. The summed E-state index contributed by atoms with van der Waals surface area (Å²) in [4.78, 5) is 38.9. The first kappa shape index (κ1) is 19.6. The van der Waals surface area contributed by atoms with Crippen molar-refractivity contribution in [1.82, 2.24) is 10.2 Å². The molecule has 1 aromatic heterocycles. The zero-order valence-corrected chi connectivity index (χ0v) is 15.2. The molecule has 0 unspecified atom stereocenters. The van der Waals surface area contributed by atoms with Crippen molar-refractivity contribution in [2.75, 3.05) is 44.6 Å². The number of piperazine rings is 1. The minimum atomic E-state index is -0.430. The first-order chi connectivity index (χ1) is 13.5. The third kappa shape index (κ3) is 5.40. The molecule has 8 nitrogen and oxygen atoms in total. The third-order valence-electron chi connectivity index (χ3n) is 4.51. The fourth-order valence-corrected chi connectivity index (χ4v) is 2.98. The van der Waals surface area contributed by atoms with Gasteiger partial charge in [0.15, 0.2) is 12.3 Å². The van der Waals surface area contributed by atoms with Crippen molar-refractivity contribution in [3.05, 3.63) is 54.2 Å². The lowest BCUT2D eigenvalue weighted by atomic mass is 10.3.